The second-order valence-electron chi connectivity index (χ2n) is 4.85. The van der Waals surface area contributed by atoms with E-state index in [1.54, 1.807) is 19.1 Å². The van der Waals surface area contributed by atoms with E-state index in [1.807, 2.05) is 6.07 Å². The zero-order chi connectivity index (χ0) is 15.2. The molecule has 0 heterocycles. The van der Waals surface area contributed by atoms with Crippen molar-refractivity contribution in [2.75, 3.05) is 0 Å². The van der Waals surface area contributed by atoms with Crippen molar-refractivity contribution in [1.29, 1.82) is 0 Å². The highest BCUT2D eigenvalue weighted by molar-refractivity contribution is 5.86. The van der Waals surface area contributed by atoms with E-state index >= 15 is 0 Å². The Morgan fingerprint density at radius 2 is 1.90 bits per heavy atom. The van der Waals surface area contributed by atoms with Gasteiger partial charge in [-0.3, -0.25) is 4.79 Å². The fourth-order valence-electron chi connectivity index (χ4n) is 1.86. The van der Waals surface area contributed by atoms with Crippen LogP contribution < -0.4 is 5.32 Å². The van der Waals surface area contributed by atoms with Gasteiger partial charge in [0, 0.05) is 0 Å². The maximum atomic E-state index is 12.2. The molecule has 0 unspecified atom stereocenters. The van der Waals surface area contributed by atoms with Gasteiger partial charge in [0.05, 0.1) is 5.69 Å². The highest BCUT2D eigenvalue weighted by Gasteiger charge is 2.40. The molecule has 0 aromatic heterocycles. The van der Waals surface area contributed by atoms with E-state index in [4.69, 9.17) is 0 Å². The Balaban J connectivity index is 2.69. The molecule has 0 spiro atoms. The third-order valence-electron chi connectivity index (χ3n) is 3.06. The maximum absolute atomic E-state index is 12.2. The molecular weight excluding hydrogens is 267 g/mol. The number of unbranched alkanes of at least 4 members (excludes halogenated alkanes) is 3. The third-order valence-corrected chi connectivity index (χ3v) is 3.06. The van der Waals surface area contributed by atoms with Gasteiger partial charge in [-0.15, -0.1) is 0 Å². The van der Waals surface area contributed by atoms with Gasteiger partial charge in [-0.2, -0.15) is 13.2 Å². The zero-order valence-corrected chi connectivity index (χ0v) is 11.8. The third kappa shape index (κ3) is 5.23. The van der Waals surface area contributed by atoms with Gasteiger partial charge in [0.15, 0.2) is 0 Å². The van der Waals surface area contributed by atoms with Gasteiger partial charge in [-0.05, 0) is 37.0 Å². The molecule has 0 atom stereocenters. The van der Waals surface area contributed by atoms with Crippen LogP contribution in [0.1, 0.15) is 43.7 Å². The quantitative estimate of drug-likeness (QED) is 0.711. The molecule has 0 N–H and O–H groups in total. The molecule has 0 saturated heterocycles. The zero-order valence-electron chi connectivity index (χ0n) is 11.8. The predicted octanol–water partition coefficient (Wildman–Crippen LogP) is 4.44. The minimum atomic E-state index is -4.91. The molecule has 0 aliphatic carbocycles. The first-order valence-electron chi connectivity index (χ1n) is 6.77. The van der Waals surface area contributed by atoms with E-state index in [2.05, 4.69) is 12.2 Å². The number of rotatable bonds is 6. The molecule has 0 saturated carbocycles. The van der Waals surface area contributed by atoms with Crippen molar-refractivity contribution in [3.63, 3.8) is 0 Å². The lowest BCUT2D eigenvalue weighted by Crippen LogP contribution is -2.29. The number of amides is 1. The van der Waals surface area contributed by atoms with E-state index in [9.17, 15) is 18.0 Å². The number of carbonyl (C=O) groups excluding carboxylic acids is 1. The van der Waals surface area contributed by atoms with Gasteiger partial charge < -0.3 is 0 Å². The summed E-state index contributed by atoms with van der Waals surface area (Å²) in [5.74, 6) is -2.05. The summed E-state index contributed by atoms with van der Waals surface area (Å²) in [6.07, 6.45) is 0.249. The van der Waals surface area contributed by atoms with E-state index < -0.39 is 12.1 Å². The van der Waals surface area contributed by atoms with Crippen LogP contribution in [0.3, 0.4) is 0 Å². The first-order valence-corrected chi connectivity index (χ1v) is 6.77. The number of hydrogen-bond donors (Lipinski definition) is 0. The van der Waals surface area contributed by atoms with Crippen molar-refractivity contribution in [3.8, 4) is 0 Å². The van der Waals surface area contributed by atoms with Crippen LogP contribution in [0.2, 0.25) is 0 Å². The van der Waals surface area contributed by atoms with Crippen LogP contribution in [-0.4, -0.2) is 12.1 Å². The van der Waals surface area contributed by atoms with Crippen molar-refractivity contribution in [3.05, 3.63) is 29.3 Å². The van der Waals surface area contributed by atoms with Gasteiger partial charge in [-0.25, -0.2) is 5.32 Å². The summed E-state index contributed by atoms with van der Waals surface area (Å²) < 4.78 is 36.6. The normalized spacial score (nSPS) is 11.4. The summed E-state index contributed by atoms with van der Waals surface area (Å²) in [6, 6.07) is 5.15. The highest BCUT2D eigenvalue weighted by Crippen LogP contribution is 2.23. The Hall–Kier alpha value is -1.52. The first-order chi connectivity index (χ1) is 9.34. The lowest BCUT2D eigenvalue weighted by Gasteiger charge is -2.10. The minimum absolute atomic E-state index is 0.111. The molecule has 0 bridgehead atoms. The number of hydrogen-bond acceptors (Lipinski definition) is 1. The van der Waals surface area contributed by atoms with Gasteiger partial charge in [0.1, 0.15) is 0 Å². The molecule has 0 fully saturated rings. The summed E-state index contributed by atoms with van der Waals surface area (Å²) in [5, 5.41) is 3.17. The molecule has 1 rings (SSSR count). The topological polar surface area (TPSA) is 31.2 Å². The number of halogens is 3. The van der Waals surface area contributed by atoms with Crippen molar-refractivity contribution in [1.82, 2.24) is 5.32 Å². The van der Waals surface area contributed by atoms with Crippen molar-refractivity contribution >= 4 is 11.6 Å². The molecule has 20 heavy (non-hydrogen) atoms. The van der Waals surface area contributed by atoms with Crippen molar-refractivity contribution in [2.24, 2.45) is 0 Å². The summed E-state index contributed by atoms with van der Waals surface area (Å²) >= 11 is 0. The number of nitrogens with zero attached hydrogens (tertiary/aromatic N) is 1. The Morgan fingerprint density at radius 3 is 2.50 bits per heavy atom. The van der Waals surface area contributed by atoms with Crippen LogP contribution in [0.4, 0.5) is 18.9 Å². The minimum Gasteiger partial charge on any atom is -0.262 e. The van der Waals surface area contributed by atoms with Gasteiger partial charge in [0.25, 0.3) is 0 Å². The number of carbonyl (C=O) groups is 1. The summed E-state index contributed by atoms with van der Waals surface area (Å²) in [5.41, 5.74) is 1.60. The fraction of sp³-hybridized carbons (Fsp3) is 0.533. The predicted molar refractivity (Wildman–Crippen MR) is 71.9 cm³/mol. The molecule has 1 aromatic carbocycles. The van der Waals surface area contributed by atoms with E-state index in [1.165, 1.54) is 0 Å². The van der Waals surface area contributed by atoms with E-state index in [0.29, 0.717) is 5.56 Å². The average Bonchev–Trinajstić information content (AvgIpc) is 2.37. The molecule has 2 nitrogen and oxygen atoms in total. The largest absolute Gasteiger partial charge is 0.473 e. The number of alkyl halides is 3. The Bertz CT molecular complexity index is 455. The van der Waals surface area contributed by atoms with Gasteiger partial charge >= 0.3 is 12.1 Å². The Labute approximate surface area is 117 Å². The number of benzene rings is 1. The van der Waals surface area contributed by atoms with Gasteiger partial charge in [0.2, 0.25) is 0 Å². The van der Waals surface area contributed by atoms with Crippen LogP contribution in [-0.2, 0) is 11.2 Å². The standard InChI is InChI=1S/C15H19F3NO/c1-3-4-5-6-7-12-9-8-11(2)13(10-12)19-14(20)15(16,17)18/h8-10H,3-7H2,1-2H3. The lowest BCUT2D eigenvalue weighted by atomic mass is 10.0. The molecule has 1 radical (unpaired) electrons. The Morgan fingerprint density at radius 1 is 1.20 bits per heavy atom. The van der Waals surface area contributed by atoms with Crippen LogP contribution >= 0.6 is 0 Å². The second kappa shape index (κ2) is 7.31. The lowest BCUT2D eigenvalue weighted by molar-refractivity contribution is -0.172. The fourth-order valence-corrected chi connectivity index (χ4v) is 1.86. The Kier molecular flexibility index (Phi) is 6.05. The maximum Gasteiger partial charge on any atom is 0.473 e. The average molecular weight is 286 g/mol. The van der Waals surface area contributed by atoms with E-state index in [0.717, 1.165) is 37.7 Å². The summed E-state index contributed by atoms with van der Waals surface area (Å²) in [6.45, 7) is 3.76. The monoisotopic (exact) mass is 286 g/mol. The molecular formula is C15H19F3NO. The van der Waals surface area contributed by atoms with E-state index in [-0.39, 0.29) is 5.69 Å². The summed E-state index contributed by atoms with van der Waals surface area (Å²) in [4.78, 5) is 10.9. The molecule has 1 amide bonds. The number of aryl methyl sites for hydroxylation is 2. The molecule has 0 aliphatic rings. The van der Waals surface area contributed by atoms with Crippen molar-refractivity contribution < 1.29 is 18.0 Å². The highest BCUT2D eigenvalue weighted by atomic mass is 19.4. The SMILES string of the molecule is CCCCCCc1ccc(C)c([N]C(=O)C(F)(F)F)c1. The van der Waals surface area contributed by atoms with Crippen LogP contribution in [0.25, 0.3) is 0 Å². The van der Waals surface area contributed by atoms with Crippen molar-refractivity contribution in [2.45, 2.75) is 52.1 Å². The molecule has 1 aromatic rings. The molecule has 111 valence electrons. The smallest absolute Gasteiger partial charge is 0.262 e. The van der Waals surface area contributed by atoms with Gasteiger partial charge in [-0.1, -0.05) is 38.3 Å². The van der Waals surface area contributed by atoms with Crippen LogP contribution in [0.5, 0.6) is 0 Å². The van der Waals surface area contributed by atoms with Crippen LogP contribution in [0.15, 0.2) is 18.2 Å². The molecule has 5 heteroatoms. The summed E-state index contributed by atoms with van der Waals surface area (Å²) in [7, 11) is 0. The van der Waals surface area contributed by atoms with Crippen LogP contribution in [0, 0.1) is 6.92 Å². The second-order valence-corrected chi connectivity index (χ2v) is 4.85. The molecule has 0 aliphatic heterocycles. The first kappa shape index (κ1) is 16.5.